The highest BCUT2D eigenvalue weighted by Gasteiger charge is 2.19. The number of hydrogen-bond acceptors (Lipinski definition) is 3. The summed E-state index contributed by atoms with van der Waals surface area (Å²) in [5.41, 5.74) is 1.27. The van der Waals surface area contributed by atoms with Crippen LogP contribution in [0.15, 0.2) is 28.7 Å². The lowest BCUT2D eigenvalue weighted by atomic mass is 10.1. The Bertz CT molecular complexity index is 485. The largest absolute Gasteiger partial charge is 0.468 e. The average Bonchev–Trinajstić information content (AvgIpc) is 2.50. The molecule has 0 fully saturated rings. The molecule has 0 bridgehead atoms. The molecule has 122 valence electrons. The van der Waals surface area contributed by atoms with Crippen LogP contribution in [0.2, 0.25) is 0 Å². The molecule has 0 unspecified atom stereocenters. The van der Waals surface area contributed by atoms with Crippen molar-refractivity contribution >= 4 is 27.8 Å². The number of carbonyl (C=O) groups is 2. The highest BCUT2D eigenvalue weighted by atomic mass is 79.9. The number of nitrogens with zero attached hydrogens (tertiary/aromatic N) is 1. The van der Waals surface area contributed by atoms with Crippen LogP contribution in [-0.2, 0) is 20.7 Å². The fourth-order valence-electron chi connectivity index (χ4n) is 2.16. The molecule has 0 aliphatic rings. The molecule has 0 aliphatic heterocycles. The first-order valence-corrected chi connectivity index (χ1v) is 8.34. The summed E-state index contributed by atoms with van der Waals surface area (Å²) in [6.07, 6.45) is 3.20. The standard InChI is InChI=1S/C17H24BrNO3/c1-13(2)19(12-17(21)22-3)16(20)7-5-4-6-14-8-10-15(18)11-9-14/h8-11,13H,4-7,12H2,1-3H3. The number of halogens is 1. The van der Waals surface area contributed by atoms with Gasteiger partial charge in [0.05, 0.1) is 7.11 Å². The summed E-state index contributed by atoms with van der Waals surface area (Å²) in [6.45, 7) is 3.84. The van der Waals surface area contributed by atoms with Crippen molar-refractivity contribution < 1.29 is 14.3 Å². The fraction of sp³-hybridized carbons (Fsp3) is 0.529. The monoisotopic (exact) mass is 369 g/mol. The SMILES string of the molecule is COC(=O)CN(C(=O)CCCCc1ccc(Br)cc1)C(C)C. The Hall–Kier alpha value is -1.36. The molecule has 5 heteroatoms. The minimum atomic E-state index is -0.378. The number of hydrogen-bond donors (Lipinski definition) is 0. The Morgan fingerprint density at radius 3 is 2.36 bits per heavy atom. The van der Waals surface area contributed by atoms with Gasteiger partial charge in [-0.05, 0) is 50.8 Å². The lowest BCUT2D eigenvalue weighted by molar-refractivity contribution is -0.148. The van der Waals surface area contributed by atoms with Crippen LogP contribution in [0.5, 0.6) is 0 Å². The molecule has 0 saturated carbocycles. The fourth-order valence-corrected chi connectivity index (χ4v) is 2.43. The summed E-state index contributed by atoms with van der Waals surface area (Å²) in [6, 6.07) is 8.22. The van der Waals surface area contributed by atoms with Crippen LogP contribution in [0.3, 0.4) is 0 Å². The minimum absolute atomic E-state index is 0.00178. The first kappa shape index (κ1) is 18.7. The Morgan fingerprint density at radius 2 is 1.82 bits per heavy atom. The summed E-state index contributed by atoms with van der Waals surface area (Å²) in [5, 5.41) is 0. The van der Waals surface area contributed by atoms with E-state index in [1.54, 1.807) is 4.90 Å². The van der Waals surface area contributed by atoms with Gasteiger partial charge in [0.25, 0.3) is 0 Å². The molecule has 4 nitrogen and oxygen atoms in total. The zero-order valence-corrected chi connectivity index (χ0v) is 15.1. The third-order valence-corrected chi connectivity index (χ3v) is 4.02. The molecule has 0 spiro atoms. The molecule has 0 radical (unpaired) electrons. The van der Waals surface area contributed by atoms with Crippen LogP contribution < -0.4 is 0 Å². The van der Waals surface area contributed by atoms with Crippen molar-refractivity contribution in [2.75, 3.05) is 13.7 Å². The number of carbonyl (C=O) groups excluding carboxylic acids is 2. The van der Waals surface area contributed by atoms with Crippen molar-refractivity contribution in [3.63, 3.8) is 0 Å². The van der Waals surface area contributed by atoms with E-state index in [2.05, 4.69) is 32.8 Å². The van der Waals surface area contributed by atoms with Crippen LogP contribution in [0.4, 0.5) is 0 Å². The number of esters is 1. The topological polar surface area (TPSA) is 46.6 Å². The Kier molecular flexibility index (Phi) is 8.17. The van der Waals surface area contributed by atoms with E-state index in [1.165, 1.54) is 12.7 Å². The predicted octanol–water partition coefficient (Wildman–Crippen LogP) is 3.57. The van der Waals surface area contributed by atoms with Gasteiger partial charge in [0.1, 0.15) is 6.54 Å². The zero-order valence-electron chi connectivity index (χ0n) is 13.5. The molecule has 1 aromatic carbocycles. The van der Waals surface area contributed by atoms with E-state index in [0.717, 1.165) is 23.7 Å². The van der Waals surface area contributed by atoms with Crippen LogP contribution in [0.25, 0.3) is 0 Å². The van der Waals surface area contributed by atoms with Gasteiger partial charge < -0.3 is 9.64 Å². The highest BCUT2D eigenvalue weighted by Crippen LogP contribution is 2.13. The van der Waals surface area contributed by atoms with Crippen molar-refractivity contribution in [1.82, 2.24) is 4.90 Å². The van der Waals surface area contributed by atoms with Crippen molar-refractivity contribution in [2.24, 2.45) is 0 Å². The molecule has 0 atom stereocenters. The van der Waals surface area contributed by atoms with Gasteiger partial charge in [-0.3, -0.25) is 9.59 Å². The van der Waals surface area contributed by atoms with Gasteiger partial charge >= 0.3 is 5.97 Å². The molecular formula is C17H24BrNO3. The third-order valence-electron chi connectivity index (χ3n) is 3.49. The molecule has 0 N–H and O–H groups in total. The first-order valence-electron chi connectivity index (χ1n) is 7.54. The number of aryl methyl sites for hydroxylation is 1. The molecule has 1 amide bonds. The second-order valence-corrected chi connectivity index (χ2v) is 6.44. The molecule has 0 aliphatic carbocycles. The van der Waals surface area contributed by atoms with Gasteiger partial charge in [0.15, 0.2) is 0 Å². The van der Waals surface area contributed by atoms with Crippen LogP contribution in [0, 0.1) is 0 Å². The first-order chi connectivity index (χ1) is 10.4. The smallest absolute Gasteiger partial charge is 0.325 e. The summed E-state index contributed by atoms with van der Waals surface area (Å²) in [5.74, 6) is -0.367. The normalized spacial score (nSPS) is 10.6. The van der Waals surface area contributed by atoms with Crippen molar-refractivity contribution in [2.45, 2.75) is 45.6 Å². The van der Waals surface area contributed by atoms with E-state index in [1.807, 2.05) is 26.0 Å². The molecular weight excluding hydrogens is 346 g/mol. The number of amides is 1. The lowest BCUT2D eigenvalue weighted by Gasteiger charge is -2.25. The maximum absolute atomic E-state index is 12.2. The number of methoxy groups -OCH3 is 1. The maximum atomic E-state index is 12.2. The Balaban J connectivity index is 2.36. The van der Waals surface area contributed by atoms with E-state index in [4.69, 9.17) is 0 Å². The van der Waals surface area contributed by atoms with E-state index in [9.17, 15) is 9.59 Å². The summed E-state index contributed by atoms with van der Waals surface area (Å²) in [7, 11) is 1.34. The lowest BCUT2D eigenvalue weighted by Crippen LogP contribution is -2.40. The van der Waals surface area contributed by atoms with Crippen molar-refractivity contribution in [3.05, 3.63) is 34.3 Å². The highest BCUT2D eigenvalue weighted by molar-refractivity contribution is 9.10. The maximum Gasteiger partial charge on any atom is 0.325 e. The summed E-state index contributed by atoms with van der Waals surface area (Å²) in [4.78, 5) is 25.1. The molecule has 0 aromatic heterocycles. The van der Waals surface area contributed by atoms with E-state index < -0.39 is 0 Å². The second kappa shape index (κ2) is 9.62. The van der Waals surface area contributed by atoms with Gasteiger partial charge in [-0.15, -0.1) is 0 Å². The number of unbranched alkanes of at least 4 members (excludes halogenated alkanes) is 1. The van der Waals surface area contributed by atoms with Crippen molar-refractivity contribution in [3.8, 4) is 0 Å². The quantitative estimate of drug-likeness (QED) is 0.519. The van der Waals surface area contributed by atoms with Crippen LogP contribution >= 0.6 is 15.9 Å². The third kappa shape index (κ3) is 6.60. The van der Waals surface area contributed by atoms with Crippen LogP contribution in [-0.4, -0.2) is 36.5 Å². The van der Waals surface area contributed by atoms with E-state index in [0.29, 0.717) is 6.42 Å². The Morgan fingerprint density at radius 1 is 1.18 bits per heavy atom. The summed E-state index contributed by atoms with van der Waals surface area (Å²) >= 11 is 3.41. The van der Waals surface area contributed by atoms with Gasteiger partial charge in [-0.1, -0.05) is 28.1 Å². The minimum Gasteiger partial charge on any atom is -0.468 e. The molecule has 1 rings (SSSR count). The van der Waals surface area contributed by atoms with Gasteiger partial charge in [0, 0.05) is 16.9 Å². The molecule has 0 saturated heterocycles. The summed E-state index contributed by atoms with van der Waals surface area (Å²) < 4.78 is 5.71. The average molecular weight is 370 g/mol. The second-order valence-electron chi connectivity index (χ2n) is 5.53. The van der Waals surface area contributed by atoms with E-state index in [-0.39, 0.29) is 24.5 Å². The van der Waals surface area contributed by atoms with Gasteiger partial charge in [0.2, 0.25) is 5.91 Å². The molecule has 22 heavy (non-hydrogen) atoms. The van der Waals surface area contributed by atoms with Crippen molar-refractivity contribution in [1.29, 1.82) is 0 Å². The van der Waals surface area contributed by atoms with Gasteiger partial charge in [-0.25, -0.2) is 0 Å². The number of ether oxygens (including phenoxy) is 1. The molecule has 1 aromatic rings. The van der Waals surface area contributed by atoms with Gasteiger partial charge in [-0.2, -0.15) is 0 Å². The van der Waals surface area contributed by atoms with E-state index >= 15 is 0 Å². The number of rotatable bonds is 8. The zero-order chi connectivity index (χ0) is 16.5. The van der Waals surface area contributed by atoms with Crippen LogP contribution in [0.1, 0.15) is 38.7 Å². The molecule has 0 heterocycles. The number of benzene rings is 1. The Labute approximate surface area is 141 Å². The predicted molar refractivity (Wildman–Crippen MR) is 90.6 cm³/mol.